The number of hydrogen-bond donors (Lipinski definition) is 3. The fraction of sp³-hybridized carbons (Fsp3) is 0.462. The van der Waals surface area contributed by atoms with Gasteiger partial charge in [-0.05, 0) is 24.9 Å². The lowest BCUT2D eigenvalue weighted by molar-refractivity contribution is 0.233. The Balaban J connectivity index is 0.00000162. The van der Waals surface area contributed by atoms with Crippen molar-refractivity contribution in [2.75, 3.05) is 13.1 Å². The van der Waals surface area contributed by atoms with Crippen LogP contribution in [0.3, 0.4) is 0 Å². The van der Waals surface area contributed by atoms with Gasteiger partial charge >= 0.3 is 6.03 Å². The molecule has 100 valence electrons. The molecule has 1 aromatic carbocycles. The van der Waals surface area contributed by atoms with Gasteiger partial charge in [0.2, 0.25) is 0 Å². The van der Waals surface area contributed by atoms with Crippen LogP contribution in [0, 0.1) is 0 Å². The van der Waals surface area contributed by atoms with Gasteiger partial charge in [0.15, 0.2) is 0 Å². The lowest BCUT2D eigenvalue weighted by Crippen LogP contribution is -2.48. The Kier molecular flexibility index (Phi) is 6.54. The Morgan fingerprint density at radius 1 is 1.33 bits per heavy atom. The summed E-state index contributed by atoms with van der Waals surface area (Å²) in [6.45, 7) is 2.51. The summed E-state index contributed by atoms with van der Waals surface area (Å²) in [5.74, 6) is 0. The zero-order valence-corrected chi connectivity index (χ0v) is 11.1. The number of urea groups is 1. The van der Waals surface area contributed by atoms with Gasteiger partial charge in [0.1, 0.15) is 0 Å². The average Bonchev–Trinajstić information content (AvgIpc) is 2.39. The van der Waals surface area contributed by atoms with Crippen molar-refractivity contribution in [2.45, 2.75) is 25.4 Å². The van der Waals surface area contributed by atoms with Gasteiger partial charge in [-0.2, -0.15) is 0 Å². The van der Waals surface area contributed by atoms with Gasteiger partial charge < -0.3 is 16.0 Å². The molecule has 1 aliphatic heterocycles. The molecule has 1 aliphatic rings. The van der Waals surface area contributed by atoms with E-state index in [0.29, 0.717) is 6.54 Å². The van der Waals surface area contributed by atoms with Crippen LogP contribution in [0.25, 0.3) is 0 Å². The molecule has 0 aliphatic carbocycles. The molecule has 4 nitrogen and oxygen atoms in total. The summed E-state index contributed by atoms with van der Waals surface area (Å²) in [4.78, 5) is 11.6. The standard InChI is InChI=1S/C13H19N3O.ClH/c17-13(16-12-7-4-8-14-10-12)15-9-11-5-2-1-3-6-11;/h1-3,5-6,12,14H,4,7-10H2,(H2,15,16,17);1H. The van der Waals surface area contributed by atoms with Crippen LogP contribution >= 0.6 is 12.4 Å². The predicted molar refractivity (Wildman–Crippen MR) is 75.0 cm³/mol. The van der Waals surface area contributed by atoms with Crippen molar-refractivity contribution >= 4 is 18.4 Å². The highest BCUT2D eigenvalue weighted by atomic mass is 35.5. The molecule has 2 amide bonds. The fourth-order valence-corrected chi connectivity index (χ4v) is 1.99. The van der Waals surface area contributed by atoms with E-state index in [1.54, 1.807) is 0 Å². The third-order valence-electron chi connectivity index (χ3n) is 2.93. The van der Waals surface area contributed by atoms with Crippen molar-refractivity contribution in [3.63, 3.8) is 0 Å². The second-order valence-corrected chi connectivity index (χ2v) is 4.36. The van der Waals surface area contributed by atoms with Gasteiger partial charge in [0.05, 0.1) is 0 Å². The van der Waals surface area contributed by atoms with Crippen molar-refractivity contribution in [1.29, 1.82) is 0 Å². The number of nitrogens with one attached hydrogen (secondary N) is 3. The molecule has 5 heteroatoms. The first kappa shape index (κ1) is 14.8. The largest absolute Gasteiger partial charge is 0.334 e. The van der Waals surface area contributed by atoms with Crippen molar-refractivity contribution in [1.82, 2.24) is 16.0 Å². The Bertz CT molecular complexity index is 353. The van der Waals surface area contributed by atoms with Crippen LogP contribution in [-0.2, 0) is 6.54 Å². The molecule has 0 radical (unpaired) electrons. The fourth-order valence-electron chi connectivity index (χ4n) is 1.99. The molecule has 1 atom stereocenters. The molecule has 0 spiro atoms. The number of rotatable bonds is 3. The maximum Gasteiger partial charge on any atom is 0.315 e. The summed E-state index contributed by atoms with van der Waals surface area (Å²) in [7, 11) is 0. The maximum absolute atomic E-state index is 11.6. The number of benzene rings is 1. The van der Waals surface area contributed by atoms with Crippen molar-refractivity contribution in [2.24, 2.45) is 0 Å². The van der Waals surface area contributed by atoms with E-state index in [1.807, 2.05) is 30.3 Å². The zero-order chi connectivity index (χ0) is 11.9. The summed E-state index contributed by atoms with van der Waals surface area (Å²) in [5, 5.41) is 9.12. The normalized spacial score (nSPS) is 18.6. The van der Waals surface area contributed by atoms with Gasteiger partial charge in [-0.15, -0.1) is 12.4 Å². The van der Waals surface area contributed by atoms with Crippen molar-refractivity contribution < 1.29 is 4.79 Å². The van der Waals surface area contributed by atoms with Gasteiger partial charge in [-0.25, -0.2) is 4.79 Å². The van der Waals surface area contributed by atoms with Crippen LogP contribution in [0.2, 0.25) is 0 Å². The first-order chi connectivity index (χ1) is 8.34. The van der Waals surface area contributed by atoms with E-state index < -0.39 is 0 Å². The predicted octanol–water partition coefficient (Wildman–Crippen LogP) is 1.66. The molecule has 1 heterocycles. The molecule has 0 bridgehead atoms. The van der Waals surface area contributed by atoms with Crippen LogP contribution in [-0.4, -0.2) is 25.2 Å². The van der Waals surface area contributed by atoms with Gasteiger partial charge in [-0.3, -0.25) is 0 Å². The summed E-state index contributed by atoms with van der Waals surface area (Å²) >= 11 is 0. The van der Waals surface area contributed by atoms with E-state index >= 15 is 0 Å². The molecule has 1 saturated heterocycles. The van der Waals surface area contributed by atoms with Crippen molar-refractivity contribution in [3.8, 4) is 0 Å². The Morgan fingerprint density at radius 2 is 2.11 bits per heavy atom. The maximum atomic E-state index is 11.6. The monoisotopic (exact) mass is 269 g/mol. The number of hydrogen-bond acceptors (Lipinski definition) is 2. The van der Waals surface area contributed by atoms with Gasteiger partial charge in [0.25, 0.3) is 0 Å². The minimum Gasteiger partial charge on any atom is -0.334 e. The molecular weight excluding hydrogens is 250 g/mol. The van der Waals surface area contributed by atoms with Crippen molar-refractivity contribution in [3.05, 3.63) is 35.9 Å². The lowest BCUT2D eigenvalue weighted by Gasteiger charge is -2.23. The number of amides is 2. The number of piperidine rings is 1. The smallest absolute Gasteiger partial charge is 0.315 e. The van der Waals surface area contributed by atoms with Gasteiger partial charge in [-0.1, -0.05) is 30.3 Å². The van der Waals surface area contributed by atoms with Crippen LogP contribution in [0.5, 0.6) is 0 Å². The third kappa shape index (κ3) is 4.94. The molecule has 3 N–H and O–H groups in total. The first-order valence-corrected chi connectivity index (χ1v) is 6.13. The second-order valence-electron chi connectivity index (χ2n) is 4.36. The SMILES string of the molecule is Cl.O=C(NCc1ccccc1)NC1CCCNC1. The van der Waals surface area contributed by atoms with E-state index in [-0.39, 0.29) is 24.5 Å². The highest BCUT2D eigenvalue weighted by Gasteiger charge is 2.14. The minimum absolute atomic E-state index is 0. The van der Waals surface area contributed by atoms with E-state index in [2.05, 4.69) is 16.0 Å². The second kappa shape index (κ2) is 7.95. The molecule has 1 fully saturated rings. The Hall–Kier alpha value is -1.26. The highest BCUT2D eigenvalue weighted by molar-refractivity contribution is 5.85. The van der Waals surface area contributed by atoms with E-state index in [1.165, 1.54) is 0 Å². The van der Waals surface area contributed by atoms with E-state index in [9.17, 15) is 4.79 Å². The zero-order valence-electron chi connectivity index (χ0n) is 10.3. The molecule has 1 unspecified atom stereocenters. The molecule has 0 aromatic heterocycles. The lowest BCUT2D eigenvalue weighted by atomic mass is 10.1. The minimum atomic E-state index is -0.0810. The van der Waals surface area contributed by atoms with E-state index in [4.69, 9.17) is 0 Å². The molecule has 0 saturated carbocycles. The summed E-state index contributed by atoms with van der Waals surface area (Å²) < 4.78 is 0. The number of carbonyl (C=O) groups is 1. The summed E-state index contributed by atoms with van der Waals surface area (Å²) in [5.41, 5.74) is 1.12. The Labute approximate surface area is 114 Å². The number of halogens is 1. The first-order valence-electron chi connectivity index (χ1n) is 6.13. The average molecular weight is 270 g/mol. The molecular formula is C13H20ClN3O. The van der Waals surface area contributed by atoms with E-state index in [0.717, 1.165) is 31.5 Å². The van der Waals surface area contributed by atoms with Crippen LogP contribution in [0.1, 0.15) is 18.4 Å². The van der Waals surface area contributed by atoms with Crippen LogP contribution in [0.15, 0.2) is 30.3 Å². The van der Waals surface area contributed by atoms with Gasteiger partial charge in [0, 0.05) is 19.1 Å². The Morgan fingerprint density at radius 3 is 2.78 bits per heavy atom. The quantitative estimate of drug-likeness (QED) is 0.782. The van der Waals surface area contributed by atoms with Crippen LogP contribution < -0.4 is 16.0 Å². The molecule has 2 rings (SSSR count). The number of carbonyl (C=O) groups excluding carboxylic acids is 1. The molecule has 1 aromatic rings. The topological polar surface area (TPSA) is 53.2 Å². The highest BCUT2D eigenvalue weighted by Crippen LogP contribution is 2.01. The summed E-state index contributed by atoms with van der Waals surface area (Å²) in [6.07, 6.45) is 2.19. The summed E-state index contributed by atoms with van der Waals surface area (Å²) in [6, 6.07) is 10.1. The van der Waals surface area contributed by atoms with Crippen LogP contribution in [0.4, 0.5) is 4.79 Å². The third-order valence-corrected chi connectivity index (χ3v) is 2.93. The molecule has 18 heavy (non-hydrogen) atoms.